The number of rotatable bonds is 9. The molecule has 1 aromatic rings. The van der Waals surface area contributed by atoms with Gasteiger partial charge in [-0.3, -0.25) is 9.89 Å². The molecule has 2 rings (SSSR count). The van der Waals surface area contributed by atoms with Gasteiger partial charge in [0.2, 0.25) is 0 Å². The lowest BCUT2D eigenvalue weighted by atomic mass is 10.2. The molecule has 1 aliphatic rings. The van der Waals surface area contributed by atoms with Gasteiger partial charge in [-0.1, -0.05) is 30.3 Å². The summed E-state index contributed by atoms with van der Waals surface area (Å²) in [5.74, 6) is 0.888. The van der Waals surface area contributed by atoms with E-state index in [0.29, 0.717) is 0 Å². The van der Waals surface area contributed by atoms with Gasteiger partial charge in [0.25, 0.3) is 0 Å². The summed E-state index contributed by atoms with van der Waals surface area (Å²) < 4.78 is 5.37. The Bertz CT molecular complexity index is 488. The smallest absolute Gasteiger partial charge is 0.191 e. The van der Waals surface area contributed by atoms with E-state index in [4.69, 9.17) is 4.74 Å². The van der Waals surface area contributed by atoms with Crippen LogP contribution in [0.1, 0.15) is 12.0 Å². The van der Waals surface area contributed by atoms with Crippen molar-refractivity contribution < 1.29 is 4.74 Å². The van der Waals surface area contributed by atoms with Crippen LogP contribution in [0, 0.1) is 0 Å². The summed E-state index contributed by atoms with van der Waals surface area (Å²) in [5, 5.41) is 6.78. The molecule has 0 amide bonds. The zero-order valence-electron chi connectivity index (χ0n) is 15.7. The molecule has 6 heteroatoms. The van der Waals surface area contributed by atoms with Crippen LogP contribution >= 0.6 is 0 Å². The minimum absolute atomic E-state index is 0.851. The van der Waals surface area contributed by atoms with Gasteiger partial charge in [-0.15, -0.1) is 0 Å². The summed E-state index contributed by atoms with van der Waals surface area (Å²) >= 11 is 0. The maximum absolute atomic E-state index is 5.37. The van der Waals surface area contributed by atoms with Crippen molar-refractivity contribution in [1.82, 2.24) is 20.4 Å². The van der Waals surface area contributed by atoms with E-state index in [1.807, 2.05) is 7.05 Å². The molecular weight excluding hydrogens is 314 g/mol. The van der Waals surface area contributed by atoms with E-state index in [0.717, 1.165) is 71.4 Å². The van der Waals surface area contributed by atoms with Crippen LogP contribution in [0.15, 0.2) is 35.3 Å². The van der Waals surface area contributed by atoms with Crippen molar-refractivity contribution >= 4 is 5.96 Å². The first-order valence-corrected chi connectivity index (χ1v) is 9.25. The molecule has 0 atom stereocenters. The summed E-state index contributed by atoms with van der Waals surface area (Å²) in [5.41, 5.74) is 1.36. The third-order valence-electron chi connectivity index (χ3n) is 4.35. The van der Waals surface area contributed by atoms with Crippen molar-refractivity contribution in [1.29, 1.82) is 0 Å². The number of nitrogens with zero attached hydrogens (tertiary/aromatic N) is 3. The molecule has 0 saturated carbocycles. The molecule has 6 nitrogen and oxygen atoms in total. The molecule has 1 heterocycles. The zero-order chi connectivity index (χ0) is 17.7. The number of morpholine rings is 1. The fourth-order valence-electron chi connectivity index (χ4n) is 2.91. The standard InChI is InChI=1S/C19H33N5O/c1-20-19(22-10-12-24-13-15-25-16-14-24)21-9-6-11-23(2)17-18-7-4-3-5-8-18/h3-5,7-8H,6,9-17H2,1-2H3,(H2,20,21,22). The van der Waals surface area contributed by atoms with Crippen LogP contribution in [0.5, 0.6) is 0 Å². The van der Waals surface area contributed by atoms with Crippen molar-refractivity contribution in [3.8, 4) is 0 Å². The van der Waals surface area contributed by atoms with Crippen molar-refractivity contribution in [2.24, 2.45) is 4.99 Å². The topological polar surface area (TPSA) is 52.1 Å². The van der Waals surface area contributed by atoms with E-state index >= 15 is 0 Å². The molecule has 2 N–H and O–H groups in total. The fraction of sp³-hybridized carbons (Fsp3) is 0.632. The number of nitrogens with one attached hydrogen (secondary N) is 2. The predicted octanol–water partition coefficient (Wildman–Crippen LogP) is 1.01. The number of benzene rings is 1. The summed E-state index contributed by atoms with van der Waals surface area (Å²) in [7, 11) is 3.99. The Morgan fingerprint density at radius 3 is 2.60 bits per heavy atom. The second-order valence-corrected chi connectivity index (χ2v) is 6.46. The Hall–Kier alpha value is -1.63. The molecule has 0 radical (unpaired) electrons. The van der Waals surface area contributed by atoms with Crippen LogP contribution in [-0.4, -0.2) is 82.3 Å². The second-order valence-electron chi connectivity index (χ2n) is 6.46. The maximum atomic E-state index is 5.37. The predicted molar refractivity (Wildman–Crippen MR) is 104 cm³/mol. The van der Waals surface area contributed by atoms with E-state index in [2.05, 4.69) is 62.8 Å². The first-order chi connectivity index (χ1) is 12.3. The lowest BCUT2D eigenvalue weighted by Crippen LogP contribution is -2.44. The number of hydrogen-bond donors (Lipinski definition) is 2. The van der Waals surface area contributed by atoms with Crippen LogP contribution in [-0.2, 0) is 11.3 Å². The molecule has 0 spiro atoms. The van der Waals surface area contributed by atoms with Crippen LogP contribution < -0.4 is 10.6 Å². The first kappa shape index (κ1) is 19.7. The summed E-state index contributed by atoms with van der Waals surface area (Å²) in [6.07, 6.45) is 1.09. The third kappa shape index (κ3) is 8.34. The van der Waals surface area contributed by atoms with E-state index in [9.17, 15) is 0 Å². The minimum Gasteiger partial charge on any atom is -0.379 e. The quantitative estimate of drug-likeness (QED) is 0.397. The molecule has 0 aromatic heterocycles. The molecule has 140 valence electrons. The van der Waals surface area contributed by atoms with E-state index in [-0.39, 0.29) is 0 Å². The Kier molecular flexibility index (Phi) is 9.33. The van der Waals surface area contributed by atoms with E-state index in [1.54, 1.807) is 0 Å². The van der Waals surface area contributed by atoms with Gasteiger partial charge in [-0.05, 0) is 25.6 Å². The first-order valence-electron chi connectivity index (χ1n) is 9.25. The van der Waals surface area contributed by atoms with Gasteiger partial charge >= 0.3 is 0 Å². The second kappa shape index (κ2) is 11.8. The van der Waals surface area contributed by atoms with Gasteiger partial charge < -0.3 is 20.3 Å². The molecule has 1 fully saturated rings. The van der Waals surface area contributed by atoms with E-state index < -0.39 is 0 Å². The summed E-state index contributed by atoms with van der Waals surface area (Å²) in [6.45, 7) is 8.68. The molecule has 1 saturated heterocycles. The monoisotopic (exact) mass is 347 g/mol. The highest BCUT2D eigenvalue weighted by atomic mass is 16.5. The maximum Gasteiger partial charge on any atom is 0.191 e. The molecule has 25 heavy (non-hydrogen) atoms. The Morgan fingerprint density at radius 1 is 1.16 bits per heavy atom. The summed E-state index contributed by atoms with van der Waals surface area (Å²) in [4.78, 5) is 9.06. The van der Waals surface area contributed by atoms with Crippen molar-refractivity contribution in [2.75, 3.05) is 66.6 Å². The van der Waals surface area contributed by atoms with Gasteiger partial charge in [0.15, 0.2) is 5.96 Å². The number of hydrogen-bond acceptors (Lipinski definition) is 4. The van der Waals surface area contributed by atoms with Gasteiger partial charge in [-0.25, -0.2) is 0 Å². The SMILES string of the molecule is CN=C(NCCCN(C)Cc1ccccc1)NCCN1CCOCC1. The van der Waals surface area contributed by atoms with Crippen molar-refractivity contribution in [3.05, 3.63) is 35.9 Å². The highest BCUT2D eigenvalue weighted by Gasteiger charge is 2.09. The highest BCUT2D eigenvalue weighted by Crippen LogP contribution is 2.02. The normalized spacial score (nSPS) is 16.2. The minimum atomic E-state index is 0.851. The lowest BCUT2D eigenvalue weighted by Gasteiger charge is -2.26. The third-order valence-corrected chi connectivity index (χ3v) is 4.35. The average Bonchev–Trinajstić information content (AvgIpc) is 2.65. The molecular formula is C19H33N5O. The largest absolute Gasteiger partial charge is 0.379 e. The van der Waals surface area contributed by atoms with Crippen LogP contribution in [0.4, 0.5) is 0 Å². The number of aliphatic imine (C=N–C) groups is 1. The molecule has 0 aliphatic carbocycles. The zero-order valence-corrected chi connectivity index (χ0v) is 15.7. The lowest BCUT2D eigenvalue weighted by molar-refractivity contribution is 0.0389. The molecule has 0 bridgehead atoms. The fourth-order valence-corrected chi connectivity index (χ4v) is 2.91. The van der Waals surface area contributed by atoms with Crippen LogP contribution in [0.2, 0.25) is 0 Å². The number of ether oxygens (including phenoxy) is 1. The number of guanidine groups is 1. The van der Waals surface area contributed by atoms with Gasteiger partial charge in [-0.2, -0.15) is 0 Å². The van der Waals surface area contributed by atoms with Gasteiger partial charge in [0.05, 0.1) is 13.2 Å². The summed E-state index contributed by atoms with van der Waals surface area (Å²) in [6, 6.07) is 10.6. The van der Waals surface area contributed by atoms with Crippen molar-refractivity contribution in [3.63, 3.8) is 0 Å². The molecule has 1 aromatic carbocycles. The van der Waals surface area contributed by atoms with E-state index in [1.165, 1.54) is 5.56 Å². The molecule has 1 aliphatic heterocycles. The molecule has 0 unspecified atom stereocenters. The van der Waals surface area contributed by atoms with Gasteiger partial charge in [0.1, 0.15) is 0 Å². The van der Waals surface area contributed by atoms with Crippen LogP contribution in [0.25, 0.3) is 0 Å². The Morgan fingerprint density at radius 2 is 1.88 bits per heavy atom. The van der Waals surface area contributed by atoms with Crippen LogP contribution in [0.3, 0.4) is 0 Å². The highest BCUT2D eigenvalue weighted by molar-refractivity contribution is 5.79. The Balaban J connectivity index is 1.53. The van der Waals surface area contributed by atoms with Gasteiger partial charge in [0, 0.05) is 46.3 Å². The van der Waals surface area contributed by atoms with Crippen molar-refractivity contribution in [2.45, 2.75) is 13.0 Å². The Labute approximate surface area is 152 Å². The average molecular weight is 348 g/mol.